The van der Waals surface area contributed by atoms with E-state index in [2.05, 4.69) is 0 Å². The number of para-hydroxylation sites is 1. The number of hydrogen-bond donors (Lipinski definition) is 0. The molecular formula is C28H19NO6. The summed E-state index contributed by atoms with van der Waals surface area (Å²) in [7, 11) is 1.97. The first-order valence-corrected chi connectivity index (χ1v) is 11.3. The van der Waals surface area contributed by atoms with Crippen LogP contribution in [0.3, 0.4) is 0 Å². The smallest absolute Gasteiger partial charge is 0.312 e. The SMILES string of the molecule is Cn1cc(/C=C2\Oc3c(ccc4c3C(c3ccc5c(c3)OCO5)CC(=O)O4)C2=O)c2ccccc21. The van der Waals surface area contributed by atoms with Gasteiger partial charge in [0.2, 0.25) is 12.6 Å². The van der Waals surface area contributed by atoms with E-state index in [1.54, 1.807) is 18.2 Å². The zero-order chi connectivity index (χ0) is 23.7. The fourth-order valence-corrected chi connectivity index (χ4v) is 5.15. The van der Waals surface area contributed by atoms with Crippen LogP contribution >= 0.6 is 0 Å². The molecule has 0 radical (unpaired) electrons. The van der Waals surface area contributed by atoms with Crippen molar-refractivity contribution in [3.8, 4) is 23.0 Å². The van der Waals surface area contributed by atoms with Crippen LogP contribution in [0.4, 0.5) is 0 Å². The summed E-state index contributed by atoms with van der Waals surface area (Å²) in [4.78, 5) is 25.8. The van der Waals surface area contributed by atoms with Crippen molar-refractivity contribution in [1.82, 2.24) is 4.57 Å². The summed E-state index contributed by atoms with van der Waals surface area (Å²) < 4.78 is 24.7. The number of Topliss-reactive ketones (excluding diaryl/α,β-unsaturated/α-hetero) is 1. The largest absolute Gasteiger partial charge is 0.454 e. The van der Waals surface area contributed by atoms with Gasteiger partial charge < -0.3 is 23.5 Å². The normalized spacial score (nSPS) is 19.0. The average molecular weight is 465 g/mol. The third kappa shape index (κ3) is 2.98. The van der Waals surface area contributed by atoms with Gasteiger partial charge in [0, 0.05) is 41.2 Å². The molecule has 1 unspecified atom stereocenters. The monoisotopic (exact) mass is 465 g/mol. The van der Waals surface area contributed by atoms with Crippen molar-refractivity contribution < 1.29 is 28.5 Å². The van der Waals surface area contributed by atoms with Gasteiger partial charge in [-0.15, -0.1) is 0 Å². The number of ketones is 1. The van der Waals surface area contributed by atoms with Gasteiger partial charge in [-0.1, -0.05) is 24.3 Å². The minimum Gasteiger partial charge on any atom is -0.454 e. The van der Waals surface area contributed by atoms with Gasteiger partial charge in [-0.25, -0.2) is 0 Å². The summed E-state index contributed by atoms with van der Waals surface area (Å²) in [5.41, 5.74) is 3.97. The standard InChI is InChI=1S/C28H19NO6/c1-29-13-16(17-4-2-3-5-20(17)29)11-24-27(31)18-7-9-22-26(28(18)35-24)19(12-25(30)34-22)15-6-8-21-23(10-15)33-14-32-21/h2-11,13,19H,12,14H2,1H3/b24-11-. The van der Waals surface area contributed by atoms with Crippen LogP contribution in [0.15, 0.2) is 66.6 Å². The third-order valence-electron chi connectivity index (χ3n) is 6.79. The quantitative estimate of drug-likeness (QED) is 0.237. The van der Waals surface area contributed by atoms with Crippen LogP contribution in [0.25, 0.3) is 17.0 Å². The number of rotatable bonds is 2. The molecule has 1 atom stereocenters. The fraction of sp³-hybridized carbons (Fsp3) is 0.143. The third-order valence-corrected chi connectivity index (χ3v) is 6.79. The van der Waals surface area contributed by atoms with Crippen LogP contribution in [0, 0.1) is 0 Å². The lowest BCUT2D eigenvalue weighted by Crippen LogP contribution is -2.21. The van der Waals surface area contributed by atoms with Crippen molar-refractivity contribution in [3.63, 3.8) is 0 Å². The molecule has 3 aromatic carbocycles. The molecule has 0 fully saturated rings. The van der Waals surface area contributed by atoms with Gasteiger partial charge in [0.25, 0.3) is 0 Å². The maximum Gasteiger partial charge on any atom is 0.312 e. The molecule has 7 rings (SSSR count). The van der Waals surface area contributed by atoms with Gasteiger partial charge >= 0.3 is 5.97 Å². The summed E-state index contributed by atoms with van der Waals surface area (Å²) in [6, 6.07) is 17.0. The van der Waals surface area contributed by atoms with Crippen LogP contribution in [-0.2, 0) is 11.8 Å². The summed E-state index contributed by atoms with van der Waals surface area (Å²) >= 11 is 0. The molecule has 0 bridgehead atoms. The van der Waals surface area contributed by atoms with E-state index in [1.165, 1.54) is 0 Å². The first-order valence-electron chi connectivity index (χ1n) is 11.3. The van der Waals surface area contributed by atoms with Crippen molar-refractivity contribution in [3.05, 3.63) is 88.8 Å². The molecule has 172 valence electrons. The fourth-order valence-electron chi connectivity index (χ4n) is 5.15. The number of benzene rings is 3. The van der Waals surface area contributed by atoms with Crippen LogP contribution < -0.4 is 18.9 Å². The lowest BCUT2D eigenvalue weighted by Gasteiger charge is -2.26. The van der Waals surface area contributed by atoms with Crippen molar-refractivity contribution in [2.45, 2.75) is 12.3 Å². The molecule has 4 heterocycles. The molecule has 35 heavy (non-hydrogen) atoms. The van der Waals surface area contributed by atoms with E-state index >= 15 is 0 Å². The van der Waals surface area contributed by atoms with E-state index in [0.29, 0.717) is 34.1 Å². The van der Waals surface area contributed by atoms with Gasteiger partial charge in [0.05, 0.1) is 12.0 Å². The Labute approximate surface area is 200 Å². The van der Waals surface area contributed by atoms with E-state index < -0.39 is 0 Å². The first kappa shape index (κ1) is 19.9. The highest BCUT2D eigenvalue weighted by molar-refractivity contribution is 6.15. The number of aromatic nitrogens is 1. The summed E-state index contributed by atoms with van der Waals surface area (Å²) in [5.74, 6) is 1.50. The minimum absolute atomic E-state index is 0.128. The van der Waals surface area contributed by atoms with Crippen LogP contribution in [-0.4, -0.2) is 23.1 Å². The molecule has 3 aliphatic heterocycles. The molecule has 7 heteroatoms. The van der Waals surface area contributed by atoms with Crippen LogP contribution in [0.2, 0.25) is 0 Å². The molecule has 1 aromatic heterocycles. The number of nitrogens with zero attached hydrogens (tertiary/aromatic N) is 1. The average Bonchev–Trinajstić information content (AvgIpc) is 3.55. The number of hydrogen-bond acceptors (Lipinski definition) is 6. The summed E-state index contributed by atoms with van der Waals surface area (Å²) in [6.45, 7) is 0.164. The Kier molecular flexibility index (Phi) is 4.12. The number of carbonyl (C=O) groups is 2. The van der Waals surface area contributed by atoms with Gasteiger partial charge in [0.15, 0.2) is 17.3 Å². The lowest BCUT2D eigenvalue weighted by molar-refractivity contribution is -0.135. The van der Waals surface area contributed by atoms with Crippen LogP contribution in [0.1, 0.15) is 39.4 Å². The molecule has 7 nitrogen and oxygen atoms in total. The predicted molar refractivity (Wildman–Crippen MR) is 127 cm³/mol. The maximum atomic E-state index is 13.3. The molecule has 4 aromatic rings. The zero-order valence-corrected chi connectivity index (χ0v) is 18.7. The highest BCUT2D eigenvalue weighted by Gasteiger charge is 2.39. The predicted octanol–water partition coefficient (Wildman–Crippen LogP) is 4.96. The Hall–Kier alpha value is -4.52. The first-order chi connectivity index (χ1) is 17.1. The number of fused-ring (bicyclic) bond motifs is 5. The second-order valence-electron chi connectivity index (χ2n) is 8.85. The number of carbonyl (C=O) groups excluding carboxylic acids is 2. The number of aryl methyl sites for hydroxylation is 1. The Morgan fingerprint density at radius 1 is 0.943 bits per heavy atom. The van der Waals surface area contributed by atoms with Crippen molar-refractivity contribution in [2.24, 2.45) is 7.05 Å². The van der Waals surface area contributed by atoms with Crippen LogP contribution in [0.5, 0.6) is 23.0 Å². The molecule has 0 aliphatic carbocycles. The van der Waals surface area contributed by atoms with Crippen molar-refractivity contribution in [2.75, 3.05) is 6.79 Å². The Bertz CT molecular complexity index is 1610. The van der Waals surface area contributed by atoms with E-state index in [4.69, 9.17) is 18.9 Å². The van der Waals surface area contributed by atoms with Gasteiger partial charge in [-0.05, 0) is 42.0 Å². The van der Waals surface area contributed by atoms with Crippen molar-refractivity contribution >= 4 is 28.7 Å². The Balaban J connectivity index is 1.34. The molecular weight excluding hydrogens is 446 g/mol. The number of ether oxygens (including phenoxy) is 4. The van der Waals surface area contributed by atoms with Crippen molar-refractivity contribution in [1.29, 1.82) is 0 Å². The Morgan fingerprint density at radius 2 is 1.77 bits per heavy atom. The molecule has 0 saturated heterocycles. The summed E-state index contributed by atoms with van der Waals surface area (Å²) in [6.07, 6.45) is 3.88. The zero-order valence-electron chi connectivity index (χ0n) is 18.7. The second kappa shape index (κ2) is 7.24. The lowest BCUT2D eigenvalue weighted by atomic mass is 9.84. The highest BCUT2D eigenvalue weighted by Crippen LogP contribution is 2.50. The van der Waals surface area contributed by atoms with Gasteiger partial charge in [0.1, 0.15) is 11.5 Å². The summed E-state index contributed by atoms with van der Waals surface area (Å²) in [5, 5.41) is 1.03. The Morgan fingerprint density at radius 3 is 2.69 bits per heavy atom. The van der Waals surface area contributed by atoms with Gasteiger partial charge in [-0.3, -0.25) is 9.59 Å². The minimum atomic E-state index is -0.347. The molecule has 3 aliphatic rings. The molecule has 0 saturated carbocycles. The topological polar surface area (TPSA) is 76.0 Å². The van der Waals surface area contributed by atoms with E-state index in [9.17, 15) is 9.59 Å². The van der Waals surface area contributed by atoms with E-state index in [0.717, 1.165) is 22.0 Å². The van der Waals surface area contributed by atoms with E-state index in [1.807, 2.05) is 60.3 Å². The molecule has 0 amide bonds. The molecule has 0 N–H and O–H groups in total. The molecule has 0 spiro atoms. The van der Waals surface area contributed by atoms with Gasteiger partial charge in [-0.2, -0.15) is 0 Å². The number of esters is 1. The number of allylic oxidation sites excluding steroid dienone is 1. The highest BCUT2D eigenvalue weighted by atomic mass is 16.7. The second-order valence-corrected chi connectivity index (χ2v) is 8.85. The maximum absolute atomic E-state index is 13.3. The van der Waals surface area contributed by atoms with E-state index in [-0.39, 0.29) is 36.6 Å².